The third-order valence-electron chi connectivity index (χ3n) is 11.4. The molecule has 0 saturated heterocycles. The summed E-state index contributed by atoms with van der Waals surface area (Å²) < 4.78 is 60.7. The van der Waals surface area contributed by atoms with Gasteiger partial charge in [0.1, 0.15) is 11.6 Å². The number of rotatable bonds is 6. The highest BCUT2D eigenvalue weighted by atomic mass is 16.3. The predicted molar refractivity (Wildman–Crippen MR) is 253 cm³/mol. The summed E-state index contributed by atoms with van der Waals surface area (Å²) in [6.07, 6.45) is 1.57. The SMILES string of the molecule is [2H]c1c([2H])c(C([2H])([2H])[2H])c([2H])c([2H])c1-c1ccnc(-c2cc(-c3cccc4c3nc(-c3cc(C(C)(C)C)cc(C)c3O)n4-c3ccc(C(C)(C)C)cc3-c3ccccc3)cc(C(C)(C)C)c2)c1. The van der Waals surface area contributed by atoms with Crippen LogP contribution in [0, 0.1) is 13.8 Å². The van der Waals surface area contributed by atoms with Crippen LogP contribution in [-0.4, -0.2) is 19.6 Å². The second kappa shape index (κ2) is 15.1. The summed E-state index contributed by atoms with van der Waals surface area (Å²) >= 11 is 0. The van der Waals surface area contributed by atoms with Crippen LogP contribution in [-0.2, 0) is 16.2 Å². The maximum Gasteiger partial charge on any atom is 0.149 e. The van der Waals surface area contributed by atoms with E-state index < -0.39 is 36.6 Å². The Balaban J connectivity index is 1.42. The van der Waals surface area contributed by atoms with Crippen molar-refractivity contribution >= 4 is 11.0 Å². The van der Waals surface area contributed by atoms with E-state index in [0.29, 0.717) is 22.6 Å². The fourth-order valence-corrected chi connectivity index (χ4v) is 7.75. The first-order chi connectivity index (χ1) is 31.3. The summed E-state index contributed by atoms with van der Waals surface area (Å²) in [6.45, 7) is 18.7. The minimum Gasteiger partial charge on any atom is -0.507 e. The van der Waals surface area contributed by atoms with Crippen molar-refractivity contribution < 1.29 is 14.7 Å². The van der Waals surface area contributed by atoms with Crippen molar-refractivity contribution in [2.24, 2.45) is 0 Å². The molecule has 0 radical (unpaired) electrons. The fraction of sp³-hybridized carbons (Fsp3) is 0.250. The molecule has 8 aromatic rings. The first-order valence-electron chi connectivity index (χ1n) is 24.1. The number of nitrogens with zero attached hydrogens (tertiary/aromatic N) is 3. The van der Waals surface area contributed by atoms with Gasteiger partial charge in [0.25, 0.3) is 0 Å². The third-order valence-corrected chi connectivity index (χ3v) is 11.4. The Bertz CT molecular complexity index is 3210. The van der Waals surface area contributed by atoms with E-state index in [4.69, 9.17) is 19.6 Å². The van der Waals surface area contributed by atoms with Gasteiger partial charge in [-0.05, 0) is 123 Å². The van der Waals surface area contributed by atoms with E-state index in [1.807, 2.05) is 37.3 Å². The number of hydrogen-bond donors (Lipinski definition) is 1. The lowest BCUT2D eigenvalue weighted by molar-refractivity contribution is 0.471. The number of benzene rings is 6. The Kier molecular flexibility index (Phi) is 8.19. The standard InChI is InChI=1S/C56H57N3O/c1-35-20-22-37(23-21-35)39-26-27-57-48(32-39)41-29-40(30-44(31-41)56(9,10)11)45-18-15-19-50-51(45)58-53(47-34-43(55(6,7)8)28-36(2)52(47)60)59(50)49-25-24-42(54(3,4)5)33-46(49)38-16-13-12-14-17-38/h12-34,60H,1-11H3/i1D3,20D,21D,22D,23D. The highest BCUT2D eigenvalue weighted by molar-refractivity contribution is 5.98. The molecule has 0 aliphatic rings. The second-order valence-electron chi connectivity index (χ2n) is 19.0. The first kappa shape index (κ1) is 32.6. The number of hydrogen-bond acceptors (Lipinski definition) is 3. The number of pyridine rings is 1. The van der Waals surface area contributed by atoms with Gasteiger partial charge in [0.05, 0.1) is 33.5 Å². The van der Waals surface area contributed by atoms with Crippen molar-refractivity contribution in [2.45, 2.75) is 92.3 Å². The fourth-order valence-electron chi connectivity index (χ4n) is 7.75. The van der Waals surface area contributed by atoms with Gasteiger partial charge < -0.3 is 5.11 Å². The van der Waals surface area contributed by atoms with Gasteiger partial charge in [0.2, 0.25) is 0 Å². The molecule has 2 heterocycles. The van der Waals surface area contributed by atoms with Gasteiger partial charge >= 0.3 is 0 Å². The maximum atomic E-state index is 12.0. The first-order valence-corrected chi connectivity index (χ1v) is 20.6. The largest absolute Gasteiger partial charge is 0.507 e. The summed E-state index contributed by atoms with van der Waals surface area (Å²) in [5.41, 5.74) is 11.4. The Labute approximate surface area is 366 Å². The van der Waals surface area contributed by atoms with Crippen molar-refractivity contribution in [3.8, 4) is 67.5 Å². The number of aryl methyl sites for hydroxylation is 1. The summed E-state index contributed by atoms with van der Waals surface area (Å²) in [5.74, 6) is 0.761. The predicted octanol–water partition coefficient (Wildman–Crippen LogP) is 15.0. The molecule has 4 nitrogen and oxygen atoms in total. The highest BCUT2D eigenvalue weighted by Gasteiger charge is 2.27. The molecule has 8 rings (SSSR count). The molecule has 6 aromatic carbocycles. The van der Waals surface area contributed by atoms with Crippen molar-refractivity contribution in [2.75, 3.05) is 0 Å². The number of imidazole rings is 1. The number of aromatic nitrogens is 3. The number of phenols is 1. The molecule has 0 aliphatic heterocycles. The summed E-state index contributed by atoms with van der Waals surface area (Å²) in [6, 6.07) is 34.9. The molecule has 60 heavy (non-hydrogen) atoms. The Hall–Kier alpha value is -6.26. The number of fused-ring (bicyclic) bond motifs is 1. The van der Waals surface area contributed by atoms with Crippen LogP contribution in [0.1, 0.15) is 99.7 Å². The summed E-state index contributed by atoms with van der Waals surface area (Å²) in [7, 11) is 0. The number of phenolic OH excluding ortho intramolecular Hbond substituents is 1. The minimum atomic E-state index is -2.82. The van der Waals surface area contributed by atoms with E-state index in [0.717, 1.165) is 61.2 Å². The number of aromatic hydroxyl groups is 1. The lowest BCUT2D eigenvalue weighted by atomic mass is 9.83. The molecule has 0 bridgehead atoms. The van der Waals surface area contributed by atoms with Gasteiger partial charge in [-0.15, -0.1) is 0 Å². The zero-order chi connectivity index (χ0) is 48.7. The van der Waals surface area contributed by atoms with Gasteiger partial charge in [-0.1, -0.05) is 153 Å². The van der Waals surface area contributed by atoms with Gasteiger partial charge in [-0.3, -0.25) is 9.55 Å². The Morgan fingerprint density at radius 3 is 1.92 bits per heavy atom. The van der Waals surface area contributed by atoms with E-state index in [9.17, 15) is 5.11 Å². The molecule has 0 spiro atoms. The molecule has 0 saturated carbocycles. The minimum absolute atomic E-state index is 0.00103. The zero-order valence-electron chi connectivity index (χ0n) is 43.3. The molecular formula is C56H57N3O. The molecule has 0 fully saturated rings. The van der Waals surface area contributed by atoms with Crippen LogP contribution in [0.5, 0.6) is 5.75 Å². The monoisotopic (exact) mass is 794 g/mol. The van der Waals surface area contributed by atoms with Crippen LogP contribution in [0.25, 0.3) is 72.7 Å². The van der Waals surface area contributed by atoms with Crippen LogP contribution >= 0.6 is 0 Å². The molecule has 0 unspecified atom stereocenters. The lowest BCUT2D eigenvalue weighted by Crippen LogP contribution is -2.13. The van der Waals surface area contributed by atoms with Crippen LogP contribution in [0.4, 0.5) is 0 Å². The lowest BCUT2D eigenvalue weighted by Gasteiger charge is -2.24. The number of para-hydroxylation sites is 1. The van der Waals surface area contributed by atoms with Crippen LogP contribution in [0.3, 0.4) is 0 Å². The molecule has 0 aliphatic carbocycles. The average Bonchev–Trinajstić information content (AvgIpc) is 3.65. The van der Waals surface area contributed by atoms with Gasteiger partial charge in [-0.25, -0.2) is 4.98 Å². The van der Waals surface area contributed by atoms with E-state index in [2.05, 4.69) is 134 Å². The van der Waals surface area contributed by atoms with Crippen LogP contribution in [0.15, 0.2) is 140 Å². The molecular weight excluding hydrogens is 731 g/mol. The van der Waals surface area contributed by atoms with Gasteiger partial charge in [0.15, 0.2) is 0 Å². The molecule has 0 amide bonds. The molecule has 1 N–H and O–H groups in total. The van der Waals surface area contributed by atoms with Crippen molar-refractivity contribution in [1.82, 2.24) is 14.5 Å². The molecule has 302 valence electrons. The van der Waals surface area contributed by atoms with Gasteiger partial charge in [-0.2, -0.15) is 0 Å². The molecule has 2 aromatic heterocycles. The van der Waals surface area contributed by atoms with Crippen LogP contribution < -0.4 is 0 Å². The van der Waals surface area contributed by atoms with E-state index in [-0.39, 0.29) is 27.6 Å². The van der Waals surface area contributed by atoms with Crippen molar-refractivity contribution in [3.63, 3.8) is 0 Å². The Morgan fingerprint density at radius 1 is 0.567 bits per heavy atom. The quantitative estimate of drug-likeness (QED) is 0.182. The second-order valence-corrected chi connectivity index (χ2v) is 19.0. The highest BCUT2D eigenvalue weighted by Crippen LogP contribution is 2.44. The zero-order valence-corrected chi connectivity index (χ0v) is 36.3. The molecule has 0 atom stereocenters. The smallest absolute Gasteiger partial charge is 0.149 e. The normalized spacial score (nSPS) is 14.2. The van der Waals surface area contributed by atoms with Crippen LogP contribution in [0.2, 0.25) is 0 Å². The summed E-state index contributed by atoms with van der Waals surface area (Å²) in [4.78, 5) is 10.3. The summed E-state index contributed by atoms with van der Waals surface area (Å²) in [5, 5.41) is 12.0. The van der Waals surface area contributed by atoms with E-state index >= 15 is 0 Å². The maximum absolute atomic E-state index is 12.0. The van der Waals surface area contributed by atoms with Crippen molar-refractivity contribution in [3.05, 3.63) is 167 Å². The van der Waals surface area contributed by atoms with E-state index in [1.165, 1.54) is 5.56 Å². The molecule has 4 heteroatoms. The topological polar surface area (TPSA) is 50.9 Å². The third kappa shape index (κ3) is 7.79. The van der Waals surface area contributed by atoms with Gasteiger partial charge in [0, 0.05) is 27.0 Å². The van der Waals surface area contributed by atoms with E-state index in [1.54, 1.807) is 18.3 Å². The average molecular weight is 795 g/mol. The van der Waals surface area contributed by atoms with Crippen molar-refractivity contribution in [1.29, 1.82) is 0 Å². The Morgan fingerprint density at radius 2 is 1.23 bits per heavy atom.